The van der Waals surface area contributed by atoms with E-state index < -0.39 is 0 Å². The van der Waals surface area contributed by atoms with Gasteiger partial charge in [0.15, 0.2) is 0 Å². The van der Waals surface area contributed by atoms with Crippen LogP contribution in [0.4, 0.5) is 0 Å². The summed E-state index contributed by atoms with van der Waals surface area (Å²) in [7, 11) is 0. The Balaban J connectivity index is 1.41. The number of carbonyl (C=O) groups excluding carboxylic acids is 2. The highest BCUT2D eigenvalue weighted by Gasteiger charge is 2.30. The second-order valence-electron chi connectivity index (χ2n) is 9.96. The fraction of sp³-hybridized carbons (Fsp3) is 0.680. The van der Waals surface area contributed by atoms with Gasteiger partial charge >= 0.3 is 0 Å². The average Bonchev–Trinajstić information content (AvgIpc) is 3.31. The lowest BCUT2D eigenvalue weighted by molar-refractivity contribution is -0.135. The molecule has 0 aromatic carbocycles. The molecule has 1 aliphatic carbocycles. The van der Waals surface area contributed by atoms with Gasteiger partial charge in [-0.1, -0.05) is 26.0 Å². The van der Waals surface area contributed by atoms with Crippen molar-refractivity contribution in [3.63, 3.8) is 0 Å². The van der Waals surface area contributed by atoms with E-state index >= 15 is 0 Å². The lowest BCUT2D eigenvalue weighted by atomic mass is 9.92. The molecule has 1 aromatic heterocycles. The lowest BCUT2D eigenvalue weighted by Crippen LogP contribution is -2.41. The number of likely N-dealkylation sites (tertiary alicyclic amines) is 2. The van der Waals surface area contributed by atoms with Crippen molar-refractivity contribution >= 4 is 11.8 Å². The fourth-order valence-electron chi connectivity index (χ4n) is 5.30. The summed E-state index contributed by atoms with van der Waals surface area (Å²) in [5.41, 5.74) is 0.688. The number of aromatic nitrogens is 2. The molecule has 0 radical (unpaired) electrons. The number of nitrogens with zero attached hydrogens (tertiary/aromatic N) is 3. The minimum Gasteiger partial charge on any atom is -0.342 e. The van der Waals surface area contributed by atoms with Crippen LogP contribution in [0, 0.1) is 11.8 Å². The van der Waals surface area contributed by atoms with E-state index in [1.807, 2.05) is 23.6 Å². The van der Waals surface area contributed by atoms with Crippen molar-refractivity contribution in [1.29, 1.82) is 0 Å². The van der Waals surface area contributed by atoms with E-state index in [4.69, 9.17) is 4.98 Å². The number of piperidine rings is 2. The maximum absolute atomic E-state index is 12.8. The third kappa shape index (κ3) is 5.30. The molecule has 0 spiro atoms. The molecule has 7 heteroatoms. The first-order valence-corrected chi connectivity index (χ1v) is 12.2. The molecule has 1 aromatic rings. The second kappa shape index (κ2) is 10.0. The molecule has 0 saturated carbocycles. The Morgan fingerprint density at radius 2 is 1.88 bits per heavy atom. The van der Waals surface area contributed by atoms with Crippen molar-refractivity contribution in [3.8, 4) is 0 Å². The van der Waals surface area contributed by atoms with Gasteiger partial charge in [0.1, 0.15) is 5.82 Å². The molecular weight excluding hydrogens is 404 g/mol. The largest absolute Gasteiger partial charge is 0.342 e. The summed E-state index contributed by atoms with van der Waals surface area (Å²) >= 11 is 0. The summed E-state index contributed by atoms with van der Waals surface area (Å²) in [6.45, 7) is 6.71. The number of amides is 2. The number of allylic oxidation sites excluding steroid dienone is 2. The molecule has 1 N–H and O–H groups in total. The van der Waals surface area contributed by atoms with Gasteiger partial charge in [0.2, 0.25) is 11.8 Å². The van der Waals surface area contributed by atoms with Gasteiger partial charge in [-0.05, 0) is 44.4 Å². The third-order valence-electron chi connectivity index (χ3n) is 7.21. The van der Waals surface area contributed by atoms with Crippen LogP contribution in [0.1, 0.15) is 82.1 Å². The van der Waals surface area contributed by atoms with Gasteiger partial charge in [0, 0.05) is 56.4 Å². The van der Waals surface area contributed by atoms with Gasteiger partial charge in [-0.3, -0.25) is 14.4 Å². The molecule has 2 saturated heterocycles. The Hall–Kier alpha value is -2.44. The Labute approximate surface area is 190 Å². The quantitative estimate of drug-likeness (QED) is 0.713. The van der Waals surface area contributed by atoms with Crippen LogP contribution < -0.4 is 5.56 Å². The van der Waals surface area contributed by atoms with Gasteiger partial charge in [-0.25, -0.2) is 4.98 Å². The Morgan fingerprint density at radius 1 is 1.09 bits per heavy atom. The zero-order chi connectivity index (χ0) is 22.7. The van der Waals surface area contributed by atoms with Crippen LogP contribution in [0.5, 0.6) is 0 Å². The SMILES string of the molecule is CC(C)C(=O)N1CCC(c2nc([C@@H]3CCCN(C(=O)C[C@H]4C=CCC4)C3)cc(=O)[nH]2)CC1. The number of rotatable bonds is 5. The van der Waals surface area contributed by atoms with E-state index in [1.54, 1.807) is 6.07 Å². The Morgan fingerprint density at radius 3 is 2.56 bits per heavy atom. The number of hydrogen-bond acceptors (Lipinski definition) is 4. The molecule has 3 heterocycles. The molecule has 174 valence electrons. The van der Waals surface area contributed by atoms with Crippen molar-refractivity contribution in [2.24, 2.45) is 11.8 Å². The smallest absolute Gasteiger partial charge is 0.251 e. The van der Waals surface area contributed by atoms with Crippen molar-refractivity contribution in [2.75, 3.05) is 26.2 Å². The Kier molecular flexibility index (Phi) is 7.11. The van der Waals surface area contributed by atoms with Crippen molar-refractivity contribution in [1.82, 2.24) is 19.8 Å². The van der Waals surface area contributed by atoms with Crippen LogP contribution in [-0.4, -0.2) is 57.8 Å². The maximum atomic E-state index is 12.8. The zero-order valence-electron chi connectivity index (χ0n) is 19.4. The van der Waals surface area contributed by atoms with Gasteiger partial charge in [0.25, 0.3) is 5.56 Å². The second-order valence-corrected chi connectivity index (χ2v) is 9.96. The number of aromatic amines is 1. The van der Waals surface area contributed by atoms with Crippen molar-refractivity contribution in [3.05, 3.63) is 40.1 Å². The summed E-state index contributed by atoms with van der Waals surface area (Å²) in [5.74, 6) is 1.81. The third-order valence-corrected chi connectivity index (χ3v) is 7.21. The molecular formula is C25H36N4O3. The molecule has 2 fully saturated rings. The van der Waals surface area contributed by atoms with E-state index in [0.717, 1.165) is 56.6 Å². The van der Waals surface area contributed by atoms with Gasteiger partial charge in [-0.15, -0.1) is 0 Å². The summed E-state index contributed by atoms with van der Waals surface area (Å²) in [6.07, 6.45) is 10.6. The van der Waals surface area contributed by atoms with Crippen molar-refractivity contribution in [2.45, 2.75) is 70.6 Å². The molecule has 4 rings (SSSR count). The molecule has 0 bridgehead atoms. The first-order valence-electron chi connectivity index (χ1n) is 12.2. The molecule has 2 atom stereocenters. The highest BCUT2D eigenvalue weighted by molar-refractivity contribution is 5.78. The first-order chi connectivity index (χ1) is 15.4. The lowest BCUT2D eigenvalue weighted by Gasteiger charge is -2.34. The van der Waals surface area contributed by atoms with Gasteiger partial charge in [0.05, 0.1) is 5.69 Å². The fourth-order valence-corrected chi connectivity index (χ4v) is 5.30. The van der Waals surface area contributed by atoms with Crippen LogP contribution in [0.2, 0.25) is 0 Å². The van der Waals surface area contributed by atoms with E-state index in [0.29, 0.717) is 32.0 Å². The van der Waals surface area contributed by atoms with Gasteiger partial charge < -0.3 is 14.8 Å². The van der Waals surface area contributed by atoms with E-state index in [2.05, 4.69) is 17.1 Å². The van der Waals surface area contributed by atoms with Crippen molar-refractivity contribution < 1.29 is 9.59 Å². The Bertz CT molecular complexity index is 914. The van der Waals surface area contributed by atoms with Crippen LogP contribution in [0.15, 0.2) is 23.0 Å². The zero-order valence-corrected chi connectivity index (χ0v) is 19.4. The average molecular weight is 441 g/mol. The number of hydrogen-bond donors (Lipinski definition) is 1. The molecule has 2 amide bonds. The predicted octanol–water partition coefficient (Wildman–Crippen LogP) is 3.19. The molecule has 7 nitrogen and oxygen atoms in total. The predicted molar refractivity (Wildman–Crippen MR) is 123 cm³/mol. The molecule has 0 unspecified atom stereocenters. The van der Waals surface area contributed by atoms with Crippen LogP contribution >= 0.6 is 0 Å². The monoisotopic (exact) mass is 440 g/mol. The number of H-pyrrole nitrogens is 1. The minimum absolute atomic E-state index is 0.00876. The molecule has 2 aliphatic heterocycles. The summed E-state index contributed by atoms with van der Waals surface area (Å²) < 4.78 is 0. The molecule has 3 aliphatic rings. The first kappa shape index (κ1) is 22.7. The van der Waals surface area contributed by atoms with E-state index in [9.17, 15) is 14.4 Å². The highest BCUT2D eigenvalue weighted by Crippen LogP contribution is 2.30. The number of nitrogens with one attached hydrogen (secondary N) is 1. The van der Waals surface area contributed by atoms with Crippen LogP contribution in [0.25, 0.3) is 0 Å². The topological polar surface area (TPSA) is 86.4 Å². The summed E-state index contributed by atoms with van der Waals surface area (Å²) in [6, 6.07) is 1.61. The van der Waals surface area contributed by atoms with Gasteiger partial charge in [-0.2, -0.15) is 0 Å². The normalized spacial score (nSPS) is 24.3. The molecule has 32 heavy (non-hydrogen) atoms. The maximum Gasteiger partial charge on any atom is 0.251 e. The standard InChI is InChI=1S/C25H36N4O3/c1-17(2)25(32)28-12-9-19(10-13-28)24-26-21(15-22(30)27-24)20-8-5-11-29(16-20)23(31)14-18-6-3-4-7-18/h3,6,15,17-20H,4-5,7-14,16H2,1-2H3,(H,26,27,30)/t18-,20+/m0/s1. The summed E-state index contributed by atoms with van der Waals surface area (Å²) in [5, 5.41) is 0. The van der Waals surface area contributed by atoms with Crippen LogP contribution in [0.3, 0.4) is 0 Å². The van der Waals surface area contributed by atoms with E-state index in [1.165, 1.54) is 0 Å². The summed E-state index contributed by atoms with van der Waals surface area (Å²) in [4.78, 5) is 49.3. The number of carbonyl (C=O) groups is 2. The highest BCUT2D eigenvalue weighted by atomic mass is 16.2. The van der Waals surface area contributed by atoms with Crippen LogP contribution in [-0.2, 0) is 9.59 Å². The van der Waals surface area contributed by atoms with E-state index in [-0.39, 0.29) is 35.1 Å². The minimum atomic E-state index is -0.120.